The molecule has 9 heteroatoms. The zero-order valence-electron chi connectivity index (χ0n) is 10.7. The van der Waals surface area contributed by atoms with E-state index in [0.29, 0.717) is 0 Å². The van der Waals surface area contributed by atoms with E-state index in [9.17, 15) is 12.8 Å². The highest BCUT2D eigenvalue weighted by atomic mass is 35.7. The predicted octanol–water partition coefficient (Wildman–Crippen LogP) is 2.04. The van der Waals surface area contributed by atoms with E-state index in [1.807, 2.05) is 0 Å². The van der Waals surface area contributed by atoms with Crippen LogP contribution in [0.15, 0.2) is 23.4 Å². The maximum absolute atomic E-state index is 14.0. The normalized spacial score (nSPS) is 11.6. The number of rotatable bonds is 4. The van der Waals surface area contributed by atoms with Crippen molar-refractivity contribution in [1.82, 2.24) is 14.8 Å². The summed E-state index contributed by atoms with van der Waals surface area (Å²) in [6, 6.07) is 4.24. The highest BCUT2D eigenvalue weighted by Gasteiger charge is 2.25. The van der Waals surface area contributed by atoms with E-state index < -0.39 is 20.0 Å². The second-order valence-corrected chi connectivity index (χ2v) is 6.27. The van der Waals surface area contributed by atoms with Crippen LogP contribution in [0.5, 0.6) is 5.75 Å². The van der Waals surface area contributed by atoms with E-state index in [1.54, 1.807) is 13.0 Å². The Hall–Kier alpha value is -1.67. The van der Waals surface area contributed by atoms with Crippen LogP contribution < -0.4 is 4.74 Å². The fraction of sp³-hybridized carbons (Fsp3) is 0.273. The summed E-state index contributed by atoms with van der Waals surface area (Å²) < 4.78 is 43.1. The first-order valence-electron chi connectivity index (χ1n) is 5.60. The summed E-state index contributed by atoms with van der Waals surface area (Å²) in [6.07, 6.45) is 0. The second kappa shape index (κ2) is 5.37. The van der Waals surface area contributed by atoms with E-state index in [2.05, 4.69) is 10.2 Å². The summed E-state index contributed by atoms with van der Waals surface area (Å²) in [5.41, 5.74) is 0.0379. The number of aromatic nitrogens is 3. The van der Waals surface area contributed by atoms with E-state index in [-0.39, 0.29) is 23.7 Å². The summed E-state index contributed by atoms with van der Waals surface area (Å²) in [6.45, 7) is 1.88. The van der Waals surface area contributed by atoms with Gasteiger partial charge >= 0.3 is 0 Å². The van der Waals surface area contributed by atoms with Crippen molar-refractivity contribution in [2.75, 3.05) is 7.11 Å². The van der Waals surface area contributed by atoms with Gasteiger partial charge in [0, 0.05) is 17.2 Å². The first-order valence-corrected chi connectivity index (χ1v) is 7.91. The van der Waals surface area contributed by atoms with Crippen LogP contribution in [0.2, 0.25) is 0 Å². The minimum Gasteiger partial charge on any atom is -0.496 e. The molecular weight excluding hydrogens is 309 g/mol. The molecule has 0 aliphatic rings. The smallest absolute Gasteiger partial charge is 0.296 e. The Morgan fingerprint density at radius 1 is 1.40 bits per heavy atom. The van der Waals surface area contributed by atoms with Gasteiger partial charge in [0.2, 0.25) is 0 Å². The largest absolute Gasteiger partial charge is 0.496 e. The molecule has 0 N–H and O–H groups in total. The Balaban J connectivity index is 2.75. The quantitative estimate of drug-likeness (QED) is 0.806. The lowest BCUT2D eigenvalue weighted by Gasteiger charge is -2.10. The zero-order chi connectivity index (χ0) is 14.9. The molecule has 0 radical (unpaired) electrons. The fourth-order valence-corrected chi connectivity index (χ4v) is 2.79. The molecule has 0 spiro atoms. The van der Waals surface area contributed by atoms with Crippen LogP contribution in [-0.4, -0.2) is 30.3 Å². The van der Waals surface area contributed by atoms with Crippen molar-refractivity contribution in [3.8, 4) is 17.1 Å². The van der Waals surface area contributed by atoms with Crippen LogP contribution in [-0.2, 0) is 15.6 Å². The Bertz CT molecular complexity index is 745. The summed E-state index contributed by atoms with van der Waals surface area (Å²) in [4.78, 5) is 0. The molecule has 0 atom stereocenters. The van der Waals surface area contributed by atoms with Crippen molar-refractivity contribution in [2.24, 2.45) is 0 Å². The lowest BCUT2D eigenvalue weighted by Crippen LogP contribution is -2.07. The van der Waals surface area contributed by atoms with Crippen molar-refractivity contribution in [2.45, 2.75) is 18.6 Å². The van der Waals surface area contributed by atoms with Crippen LogP contribution in [0.1, 0.15) is 6.92 Å². The standard InChI is InChI=1S/C11H11ClFN3O3S/c1-3-16-10(14-15-11(16)20(12,17)18)9-7(13)5-4-6-8(9)19-2/h4-6H,3H2,1-2H3. The lowest BCUT2D eigenvalue weighted by atomic mass is 10.1. The topological polar surface area (TPSA) is 74.1 Å². The van der Waals surface area contributed by atoms with Crippen LogP contribution >= 0.6 is 10.7 Å². The summed E-state index contributed by atoms with van der Waals surface area (Å²) >= 11 is 0. The monoisotopic (exact) mass is 319 g/mol. The molecule has 0 unspecified atom stereocenters. The number of nitrogens with zero attached hydrogens (tertiary/aromatic N) is 3. The van der Waals surface area contributed by atoms with Crippen molar-refractivity contribution in [1.29, 1.82) is 0 Å². The molecule has 2 rings (SSSR count). The second-order valence-electron chi connectivity index (χ2n) is 3.81. The lowest BCUT2D eigenvalue weighted by molar-refractivity contribution is 0.412. The van der Waals surface area contributed by atoms with E-state index in [1.165, 1.54) is 23.8 Å². The van der Waals surface area contributed by atoms with Crippen LogP contribution in [0.25, 0.3) is 11.4 Å². The van der Waals surface area contributed by atoms with Gasteiger partial charge in [-0.3, -0.25) is 4.57 Å². The van der Waals surface area contributed by atoms with Gasteiger partial charge in [-0.1, -0.05) is 6.07 Å². The molecule has 1 aromatic heterocycles. The van der Waals surface area contributed by atoms with Crippen molar-refractivity contribution >= 4 is 19.7 Å². The van der Waals surface area contributed by atoms with Gasteiger partial charge in [0.1, 0.15) is 11.6 Å². The molecule has 0 amide bonds. The zero-order valence-corrected chi connectivity index (χ0v) is 12.2. The predicted molar refractivity (Wildman–Crippen MR) is 70.7 cm³/mol. The fourth-order valence-electron chi connectivity index (χ4n) is 1.83. The number of methoxy groups -OCH3 is 1. The minimum atomic E-state index is -4.07. The van der Waals surface area contributed by atoms with Gasteiger partial charge in [-0.15, -0.1) is 10.2 Å². The van der Waals surface area contributed by atoms with Gasteiger partial charge in [-0.25, -0.2) is 12.8 Å². The molecule has 0 bridgehead atoms. The molecule has 6 nitrogen and oxygen atoms in total. The van der Waals surface area contributed by atoms with Crippen LogP contribution in [0.4, 0.5) is 4.39 Å². The first-order chi connectivity index (χ1) is 9.40. The van der Waals surface area contributed by atoms with Crippen molar-refractivity contribution in [3.63, 3.8) is 0 Å². The number of ether oxygens (including phenoxy) is 1. The van der Waals surface area contributed by atoms with Crippen molar-refractivity contribution in [3.05, 3.63) is 24.0 Å². The number of halogens is 2. The van der Waals surface area contributed by atoms with Gasteiger partial charge < -0.3 is 4.74 Å². The first kappa shape index (κ1) is 14.7. The SMILES string of the molecule is CCn1c(-c2c(F)cccc2OC)nnc1S(=O)(=O)Cl. The van der Waals surface area contributed by atoms with Gasteiger partial charge in [0.05, 0.1) is 12.7 Å². The summed E-state index contributed by atoms with van der Waals surface area (Å²) in [5, 5.41) is 6.82. The van der Waals surface area contributed by atoms with E-state index in [0.717, 1.165) is 0 Å². The molecule has 0 fully saturated rings. The highest BCUT2D eigenvalue weighted by Crippen LogP contribution is 2.32. The highest BCUT2D eigenvalue weighted by molar-refractivity contribution is 8.13. The maximum Gasteiger partial charge on any atom is 0.296 e. The molecule has 2 aromatic rings. The average molecular weight is 320 g/mol. The number of hydrogen-bond donors (Lipinski definition) is 0. The van der Waals surface area contributed by atoms with Gasteiger partial charge in [0.15, 0.2) is 5.82 Å². The number of benzene rings is 1. The van der Waals surface area contributed by atoms with Crippen LogP contribution in [0.3, 0.4) is 0 Å². The Morgan fingerprint density at radius 2 is 2.10 bits per heavy atom. The molecule has 0 aliphatic carbocycles. The molecular formula is C11H11ClFN3O3S. The Morgan fingerprint density at radius 3 is 2.65 bits per heavy atom. The van der Waals surface area contributed by atoms with Crippen LogP contribution in [0, 0.1) is 5.82 Å². The molecule has 0 aliphatic heterocycles. The third kappa shape index (κ3) is 2.48. The van der Waals surface area contributed by atoms with Crippen molar-refractivity contribution < 1.29 is 17.5 Å². The summed E-state index contributed by atoms with van der Waals surface area (Å²) in [7, 11) is 2.59. The van der Waals surface area contributed by atoms with Gasteiger partial charge in [-0.05, 0) is 19.1 Å². The Kier molecular flexibility index (Phi) is 3.96. The van der Waals surface area contributed by atoms with Gasteiger partial charge in [-0.2, -0.15) is 0 Å². The third-order valence-electron chi connectivity index (χ3n) is 2.67. The molecule has 20 heavy (non-hydrogen) atoms. The maximum atomic E-state index is 14.0. The molecule has 0 saturated heterocycles. The third-order valence-corrected chi connectivity index (χ3v) is 3.82. The molecule has 1 heterocycles. The minimum absolute atomic E-state index is 0.0379. The summed E-state index contributed by atoms with van der Waals surface area (Å²) in [5.74, 6) is -0.322. The molecule has 108 valence electrons. The van der Waals surface area contributed by atoms with E-state index >= 15 is 0 Å². The van der Waals surface area contributed by atoms with Gasteiger partial charge in [0.25, 0.3) is 14.2 Å². The average Bonchev–Trinajstić information content (AvgIpc) is 2.81. The number of hydrogen-bond acceptors (Lipinski definition) is 5. The Labute approximate surface area is 119 Å². The molecule has 0 saturated carbocycles. The van der Waals surface area contributed by atoms with E-state index in [4.69, 9.17) is 15.4 Å². The molecule has 1 aromatic carbocycles.